The van der Waals surface area contributed by atoms with Gasteiger partial charge in [-0.3, -0.25) is 9.59 Å². The SMILES string of the molecule is CCC(=O)N1CCC(Cc2ccc(-c3cccc(C)c3)cc2)(C(=O)NC(C)C)CC1. The molecule has 0 spiro atoms. The first kappa shape index (κ1) is 22.1. The third-order valence-corrected chi connectivity index (χ3v) is 6.13. The number of nitrogens with zero attached hydrogens (tertiary/aromatic N) is 1. The number of nitrogens with one attached hydrogen (secondary N) is 1. The van der Waals surface area contributed by atoms with E-state index in [1.807, 2.05) is 25.7 Å². The van der Waals surface area contributed by atoms with Crippen molar-refractivity contribution >= 4 is 11.8 Å². The molecule has 2 aromatic rings. The van der Waals surface area contributed by atoms with Crippen molar-refractivity contribution in [3.8, 4) is 11.1 Å². The maximum Gasteiger partial charge on any atom is 0.226 e. The molecule has 1 aliphatic heterocycles. The smallest absolute Gasteiger partial charge is 0.226 e. The lowest BCUT2D eigenvalue weighted by molar-refractivity contribution is -0.140. The minimum Gasteiger partial charge on any atom is -0.353 e. The Bertz CT molecular complexity index is 878. The van der Waals surface area contributed by atoms with Crippen LogP contribution in [-0.2, 0) is 16.0 Å². The minimum absolute atomic E-state index is 0.105. The minimum atomic E-state index is -0.459. The van der Waals surface area contributed by atoms with Gasteiger partial charge in [0, 0.05) is 25.6 Å². The second kappa shape index (κ2) is 9.46. The van der Waals surface area contributed by atoms with Crippen molar-refractivity contribution in [1.29, 1.82) is 0 Å². The van der Waals surface area contributed by atoms with Gasteiger partial charge < -0.3 is 10.2 Å². The molecule has 4 heteroatoms. The highest BCUT2D eigenvalue weighted by atomic mass is 16.2. The van der Waals surface area contributed by atoms with Crippen molar-refractivity contribution in [3.63, 3.8) is 0 Å². The predicted molar refractivity (Wildman–Crippen MR) is 122 cm³/mol. The van der Waals surface area contributed by atoms with Gasteiger partial charge in [-0.05, 0) is 56.7 Å². The fourth-order valence-electron chi connectivity index (χ4n) is 4.34. The highest BCUT2D eigenvalue weighted by molar-refractivity contribution is 5.84. The van der Waals surface area contributed by atoms with Crippen LogP contribution in [0.1, 0.15) is 51.2 Å². The van der Waals surface area contributed by atoms with Crippen molar-refractivity contribution in [2.75, 3.05) is 13.1 Å². The zero-order valence-corrected chi connectivity index (χ0v) is 18.7. The zero-order chi connectivity index (χ0) is 21.7. The van der Waals surface area contributed by atoms with E-state index in [4.69, 9.17) is 0 Å². The highest BCUT2D eigenvalue weighted by Crippen LogP contribution is 2.36. The number of carbonyl (C=O) groups excluding carboxylic acids is 2. The molecule has 0 atom stereocenters. The Morgan fingerprint density at radius 3 is 2.27 bits per heavy atom. The van der Waals surface area contributed by atoms with Crippen molar-refractivity contribution in [3.05, 3.63) is 59.7 Å². The van der Waals surface area contributed by atoms with Gasteiger partial charge in [-0.15, -0.1) is 0 Å². The monoisotopic (exact) mass is 406 g/mol. The predicted octanol–water partition coefficient (Wildman–Crippen LogP) is 4.75. The summed E-state index contributed by atoms with van der Waals surface area (Å²) in [6.45, 7) is 9.30. The van der Waals surface area contributed by atoms with E-state index in [2.05, 4.69) is 60.8 Å². The van der Waals surface area contributed by atoms with Gasteiger partial charge in [0.25, 0.3) is 0 Å². The van der Waals surface area contributed by atoms with Gasteiger partial charge in [-0.1, -0.05) is 61.0 Å². The molecule has 0 aliphatic carbocycles. The maximum absolute atomic E-state index is 13.2. The first-order chi connectivity index (χ1) is 14.3. The van der Waals surface area contributed by atoms with Crippen LogP contribution in [0.5, 0.6) is 0 Å². The van der Waals surface area contributed by atoms with E-state index in [1.54, 1.807) is 0 Å². The average molecular weight is 407 g/mol. The molecule has 0 aromatic heterocycles. The molecule has 3 rings (SSSR count). The van der Waals surface area contributed by atoms with Gasteiger partial charge in [-0.2, -0.15) is 0 Å². The van der Waals surface area contributed by atoms with Crippen LogP contribution in [0.2, 0.25) is 0 Å². The lowest BCUT2D eigenvalue weighted by atomic mass is 9.72. The Hall–Kier alpha value is -2.62. The molecule has 0 unspecified atom stereocenters. The molecule has 0 radical (unpaired) electrons. The summed E-state index contributed by atoms with van der Waals surface area (Å²) in [5.41, 5.74) is 4.35. The lowest BCUT2D eigenvalue weighted by Crippen LogP contribution is -2.52. The van der Waals surface area contributed by atoms with Gasteiger partial charge in [0.2, 0.25) is 11.8 Å². The van der Waals surface area contributed by atoms with E-state index < -0.39 is 5.41 Å². The molecular weight excluding hydrogens is 372 g/mol. The number of hydrogen-bond acceptors (Lipinski definition) is 2. The van der Waals surface area contributed by atoms with Gasteiger partial charge >= 0.3 is 0 Å². The van der Waals surface area contributed by atoms with Gasteiger partial charge in [0.15, 0.2) is 0 Å². The summed E-state index contributed by atoms with van der Waals surface area (Å²) in [7, 11) is 0. The molecule has 1 fully saturated rings. The number of aryl methyl sites for hydroxylation is 1. The molecule has 1 N–H and O–H groups in total. The molecule has 2 aromatic carbocycles. The van der Waals surface area contributed by atoms with E-state index in [-0.39, 0.29) is 17.9 Å². The van der Waals surface area contributed by atoms with Crippen LogP contribution in [0, 0.1) is 12.3 Å². The fourth-order valence-corrected chi connectivity index (χ4v) is 4.34. The molecule has 1 saturated heterocycles. The molecule has 1 heterocycles. The molecule has 0 saturated carbocycles. The van der Waals surface area contributed by atoms with Gasteiger partial charge in [0.05, 0.1) is 5.41 Å². The zero-order valence-electron chi connectivity index (χ0n) is 18.7. The van der Waals surface area contributed by atoms with Crippen LogP contribution >= 0.6 is 0 Å². The van der Waals surface area contributed by atoms with E-state index >= 15 is 0 Å². The Morgan fingerprint density at radius 2 is 1.70 bits per heavy atom. The summed E-state index contributed by atoms with van der Waals surface area (Å²) in [5, 5.41) is 3.13. The Balaban J connectivity index is 1.79. The third kappa shape index (κ3) is 5.10. The normalized spacial score (nSPS) is 15.8. The third-order valence-electron chi connectivity index (χ3n) is 6.13. The fraction of sp³-hybridized carbons (Fsp3) is 0.462. The number of rotatable bonds is 6. The van der Waals surface area contributed by atoms with Crippen molar-refractivity contribution < 1.29 is 9.59 Å². The number of benzene rings is 2. The summed E-state index contributed by atoms with van der Waals surface area (Å²) in [6, 6.07) is 17.2. The molecular formula is C26H34N2O2. The number of hydrogen-bond donors (Lipinski definition) is 1. The number of piperidine rings is 1. The van der Waals surface area contributed by atoms with Crippen LogP contribution in [0.4, 0.5) is 0 Å². The molecule has 160 valence electrons. The number of amides is 2. The van der Waals surface area contributed by atoms with Crippen LogP contribution in [0.15, 0.2) is 48.5 Å². The van der Waals surface area contributed by atoms with Crippen molar-refractivity contribution in [2.45, 2.75) is 59.4 Å². The maximum atomic E-state index is 13.2. The van der Waals surface area contributed by atoms with E-state index in [0.29, 0.717) is 38.8 Å². The first-order valence-electron chi connectivity index (χ1n) is 11.1. The van der Waals surface area contributed by atoms with Crippen LogP contribution in [-0.4, -0.2) is 35.8 Å². The topological polar surface area (TPSA) is 49.4 Å². The number of carbonyl (C=O) groups is 2. The van der Waals surface area contributed by atoms with Crippen molar-refractivity contribution in [1.82, 2.24) is 10.2 Å². The first-order valence-corrected chi connectivity index (χ1v) is 11.1. The lowest BCUT2D eigenvalue weighted by Gasteiger charge is -2.41. The van der Waals surface area contributed by atoms with Gasteiger partial charge in [0.1, 0.15) is 0 Å². The summed E-state index contributed by atoms with van der Waals surface area (Å²) < 4.78 is 0. The Kier molecular flexibility index (Phi) is 6.96. The average Bonchev–Trinajstić information content (AvgIpc) is 2.73. The van der Waals surface area contributed by atoms with E-state index in [0.717, 1.165) is 0 Å². The van der Waals surface area contributed by atoms with E-state index in [1.165, 1.54) is 22.3 Å². The quantitative estimate of drug-likeness (QED) is 0.753. The summed E-state index contributed by atoms with van der Waals surface area (Å²) in [5.74, 6) is 0.291. The molecule has 0 bridgehead atoms. The second-order valence-electron chi connectivity index (χ2n) is 8.89. The van der Waals surface area contributed by atoms with Gasteiger partial charge in [-0.25, -0.2) is 0 Å². The summed E-state index contributed by atoms with van der Waals surface area (Å²) >= 11 is 0. The molecule has 30 heavy (non-hydrogen) atoms. The summed E-state index contributed by atoms with van der Waals surface area (Å²) in [6.07, 6.45) is 2.63. The number of likely N-dealkylation sites (tertiary alicyclic amines) is 1. The second-order valence-corrected chi connectivity index (χ2v) is 8.89. The van der Waals surface area contributed by atoms with Crippen LogP contribution in [0.3, 0.4) is 0 Å². The Morgan fingerprint density at radius 1 is 1.03 bits per heavy atom. The summed E-state index contributed by atoms with van der Waals surface area (Å²) in [4.78, 5) is 27.2. The molecule has 1 aliphatic rings. The van der Waals surface area contributed by atoms with Crippen LogP contribution < -0.4 is 5.32 Å². The van der Waals surface area contributed by atoms with Crippen molar-refractivity contribution in [2.24, 2.45) is 5.41 Å². The largest absolute Gasteiger partial charge is 0.353 e. The molecule has 4 nitrogen and oxygen atoms in total. The molecule has 2 amide bonds. The standard InChI is InChI=1S/C26H34N2O2/c1-5-24(29)28-15-13-26(14-16-28,25(30)27-19(2)3)18-21-9-11-22(12-10-21)23-8-6-7-20(4)17-23/h6-12,17,19H,5,13-16,18H2,1-4H3,(H,27,30). The Labute approximate surface area is 180 Å². The van der Waals surface area contributed by atoms with Crippen LogP contribution in [0.25, 0.3) is 11.1 Å². The van der Waals surface area contributed by atoms with E-state index in [9.17, 15) is 9.59 Å². The highest BCUT2D eigenvalue weighted by Gasteiger charge is 2.42.